The zero-order chi connectivity index (χ0) is 21.4. The number of rotatable bonds is 5. The number of hydrogen-bond acceptors (Lipinski definition) is 4. The number of aryl methyl sites for hydroxylation is 2. The zero-order valence-corrected chi connectivity index (χ0v) is 17.6. The molecule has 2 aromatic carbocycles. The van der Waals surface area contributed by atoms with Crippen molar-refractivity contribution in [2.24, 2.45) is 0 Å². The van der Waals surface area contributed by atoms with Gasteiger partial charge in [-0.25, -0.2) is 4.79 Å². The van der Waals surface area contributed by atoms with Crippen molar-refractivity contribution < 1.29 is 14.3 Å². The lowest BCUT2D eigenvalue weighted by molar-refractivity contribution is 0.0320. The first-order valence-electron chi connectivity index (χ1n) is 10.1. The summed E-state index contributed by atoms with van der Waals surface area (Å²) in [6, 6.07) is 15.1. The third-order valence-electron chi connectivity index (χ3n) is 5.57. The smallest absolute Gasteiger partial charge is 0.339 e. The monoisotopic (exact) mass is 400 g/mol. The van der Waals surface area contributed by atoms with Crippen molar-refractivity contribution in [3.63, 3.8) is 0 Å². The van der Waals surface area contributed by atoms with Gasteiger partial charge in [0.1, 0.15) is 0 Å². The van der Waals surface area contributed by atoms with Gasteiger partial charge in [0.05, 0.1) is 11.1 Å². The molecular weight excluding hydrogens is 376 g/mol. The minimum absolute atomic E-state index is 0.218. The highest BCUT2D eigenvalue weighted by Crippen LogP contribution is 2.27. The fourth-order valence-corrected chi connectivity index (χ4v) is 4.04. The highest BCUT2D eigenvalue weighted by atomic mass is 16.5. The highest BCUT2D eigenvalue weighted by molar-refractivity contribution is 6.12. The number of nitrogens with zero attached hydrogens (tertiary/aromatic N) is 1. The molecule has 2 aromatic heterocycles. The summed E-state index contributed by atoms with van der Waals surface area (Å²) >= 11 is 0. The summed E-state index contributed by atoms with van der Waals surface area (Å²) in [6.45, 7) is 7.37. The van der Waals surface area contributed by atoms with Crippen molar-refractivity contribution in [2.45, 2.75) is 40.2 Å². The molecule has 4 aromatic rings. The molecule has 0 bridgehead atoms. The minimum Gasteiger partial charge on any atom is -0.451 e. The highest BCUT2D eigenvalue weighted by Gasteiger charge is 2.27. The number of aromatic amines is 1. The topological polar surface area (TPSA) is 72.0 Å². The van der Waals surface area contributed by atoms with E-state index >= 15 is 0 Å². The Labute approximate surface area is 175 Å². The van der Waals surface area contributed by atoms with Gasteiger partial charge in [0, 0.05) is 33.2 Å². The standard InChI is InChI=1S/C25H24N2O3/c1-5-19-14(2)22(17-10-6-9-13-21(17)27-19)25(29)30-16(4)24(28)23-15(3)26-20-12-8-7-11-18(20)23/h6-13,16,26H,5H2,1-4H3/t16-/m0/s1. The molecule has 1 N–H and O–H groups in total. The van der Waals surface area contributed by atoms with Crippen molar-refractivity contribution in [3.8, 4) is 0 Å². The van der Waals surface area contributed by atoms with Crippen molar-refractivity contribution in [2.75, 3.05) is 0 Å². The summed E-state index contributed by atoms with van der Waals surface area (Å²) in [5, 5.41) is 1.57. The fraction of sp³-hybridized carbons (Fsp3) is 0.240. The summed E-state index contributed by atoms with van der Waals surface area (Å²) in [4.78, 5) is 34.2. The summed E-state index contributed by atoms with van der Waals surface area (Å²) in [5.41, 5.74) is 5.10. The summed E-state index contributed by atoms with van der Waals surface area (Å²) in [7, 11) is 0. The summed E-state index contributed by atoms with van der Waals surface area (Å²) in [6.07, 6.45) is -0.202. The number of fused-ring (bicyclic) bond motifs is 2. The second-order valence-corrected chi connectivity index (χ2v) is 7.51. The van der Waals surface area contributed by atoms with Gasteiger partial charge < -0.3 is 9.72 Å². The molecule has 5 nitrogen and oxygen atoms in total. The molecule has 152 valence electrons. The Morgan fingerprint density at radius 2 is 1.67 bits per heavy atom. The second-order valence-electron chi connectivity index (χ2n) is 7.51. The number of para-hydroxylation sites is 2. The van der Waals surface area contributed by atoms with Gasteiger partial charge in [-0.1, -0.05) is 43.3 Å². The number of H-pyrrole nitrogens is 1. The molecule has 0 aliphatic carbocycles. The molecular formula is C25H24N2O3. The maximum Gasteiger partial charge on any atom is 0.339 e. The molecule has 0 saturated heterocycles. The van der Waals surface area contributed by atoms with Crippen molar-refractivity contribution in [1.29, 1.82) is 0 Å². The molecule has 0 unspecified atom stereocenters. The number of ether oxygens (including phenoxy) is 1. The van der Waals surface area contributed by atoms with Gasteiger partial charge >= 0.3 is 5.97 Å². The number of nitrogens with one attached hydrogen (secondary N) is 1. The summed E-state index contributed by atoms with van der Waals surface area (Å²) < 4.78 is 5.68. The van der Waals surface area contributed by atoms with E-state index in [1.54, 1.807) is 6.92 Å². The fourth-order valence-electron chi connectivity index (χ4n) is 4.04. The van der Waals surface area contributed by atoms with Crippen LogP contribution in [0.25, 0.3) is 21.8 Å². The number of carbonyl (C=O) groups is 2. The molecule has 0 amide bonds. The van der Waals surface area contributed by atoms with Crippen LogP contribution in [0.4, 0.5) is 0 Å². The quantitative estimate of drug-likeness (QED) is 0.363. The lowest BCUT2D eigenvalue weighted by Crippen LogP contribution is -2.25. The predicted molar refractivity (Wildman–Crippen MR) is 118 cm³/mol. The Morgan fingerprint density at radius 1 is 1.00 bits per heavy atom. The average molecular weight is 400 g/mol. The van der Waals surface area contributed by atoms with Gasteiger partial charge in [-0.05, 0) is 44.9 Å². The first-order chi connectivity index (χ1) is 14.4. The molecule has 0 saturated carbocycles. The van der Waals surface area contributed by atoms with Crippen molar-refractivity contribution >= 4 is 33.6 Å². The van der Waals surface area contributed by atoms with Crippen LogP contribution in [0.3, 0.4) is 0 Å². The van der Waals surface area contributed by atoms with Gasteiger partial charge in [0.2, 0.25) is 5.78 Å². The second kappa shape index (κ2) is 7.75. The van der Waals surface area contributed by atoms with E-state index in [0.717, 1.165) is 38.8 Å². The van der Waals surface area contributed by atoms with Crippen LogP contribution in [0.15, 0.2) is 48.5 Å². The van der Waals surface area contributed by atoms with E-state index in [4.69, 9.17) is 4.74 Å². The first-order valence-corrected chi connectivity index (χ1v) is 10.1. The molecule has 0 aliphatic heterocycles. The number of pyridine rings is 1. The van der Waals surface area contributed by atoms with Gasteiger partial charge in [-0.15, -0.1) is 0 Å². The molecule has 30 heavy (non-hydrogen) atoms. The van der Waals surface area contributed by atoms with Crippen LogP contribution < -0.4 is 0 Å². The van der Waals surface area contributed by atoms with E-state index in [2.05, 4.69) is 9.97 Å². The zero-order valence-electron chi connectivity index (χ0n) is 17.6. The minimum atomic E-state index is -0.910. The Hall–Kier alpha value is -3.47. The van der Waals surface area contributed by atoms with Crippen LogP contribution in [-0.4, -0.2) is 27.8 Å². The van der Waals surface area contributed by atoms with E-state index in [0.29, 0.717) is 17.5 Å². The predicted octanol–water partition coefficient (Wildman–Crippen LogP) is 5.32. The molecule has 5 heteroatoms. The molecule has 0 fully saturated rings. The molecule has 0 radical (unpaired) electrons. The maximum atomic E-state index is 13.2. The van der Waals surface area contributed by atoms with Crippen LogP contribution in [-0.2, 0) is 11.2 Å². The molecule has 2 heterocycles. The number of ketones is 1. The lowest BCUT2D eigenvalue weighted by atomic mass is 10.00. The van der Waals surface area contributed by atoms with Crippen molar-refractivity contribution in [1.82, 2.24) is 9.97 Å². The van der Waals surface area contributed by atoms with Crippen LogP contribution in [0.1, 0.15) is 51.5 Å². The van der Waals surface area contributed by atoms with Gasteiger partial charge in [0.25, 0.3) is 0 Å². The Kier molecular flexibility index (Phi) is 5.12. The average Bonchev–Trinajstić information content (AvgIpc) is 3.08. The maximum absolute atomic E-state index is 13.2. The summed E-state index contributed by atoms with van der Waals surface area (Å²) in [5.74, 6) is -0.718. The number of hydrogen-bond donors (Lipinski definition) is 1. The van der Waals surface area contributed by atoms with E-state index < -0.39 is 12.1 Å². The molecule has 4 rings (SSSR count). The van der Waals surface area contributed by atoms with Crippen LogP contribution in [0.5, 0.6) is 0 Å². The van der Waals surface area contributed by atoms with Gasteiger partial charge in [0.15, 0.2) is 6.10 Å². The van der Waals surface area contributed by atoms with Gasteiger partial charge in [-0.2, -0.15) is 0 Å². The number of Topliss-reactive ketones (excluding diaryl/α,β-unsaturated/α-hetero) is 1. The Balaban J connectivity index is 1.70. The molecule has 1 atom stereocenters. The van der Waals surface area contributed by atoms with Crippen LogP contribution in [0.2, 0.25) is 0 Å². The number of esters is 1. The third kappa shape index (κ3) is 3.26. The van der Waals surface area contributed by atoms with E-state index in [-0.39, 0.29) is 5.78 Å². The largest absolute Gasteiger partial charge is 0.451 e. The molecule has 0 spiro atoms. The Morgan fingerprint density at radius 3 is 2.40 bits per heavy atom. The van der Waals surface area contributed by atoms with E-state index in [9.17, 15) is 9.59 Å². The van der Waals surface area contributed by atoms with Crippen molar-refractivity contribution in [3.05, 3.63) is 76.6 Å². The number of carbonyl (C=O) groups excluding carboxylic acids is 2. The SMILES string of the molecule is CCc1nc2ccccc2c(C(=O)O[C@@H](C)C(=O)c2c(C)[nH]c3ccccc23)c1C. The normalized spacial score (nSPS) is 12.3. The molecule has 0 aliphatic rings. The third-order valence-corrected chi connectivity index (χ3v) is 5.57. The lowest BCUT2D eigenvalue weighted by Gasteiger charge is -2.16. The van der Waals surface area contributed by atoms with E-state index in [1.165, 1.54) is 0 Å². The number of benzene rings is 2. The van der Waals surface area contributed by atoms with Gasteiger partial charge in [-0.3, -0.25) is 9.78 Å². The van der Waals surface area contributed by atoms with E-state index in [1.807, 2.05) is 69.3 Å². The number of aromatic nitrogens is 2. The van der Waals surface area contributed by atoms with Crippen LogP contribution >= 0.6 is 0 Å². The van der Waals surface area contributed by atoms with Crippen LogP contribution in [0, 0.1) is 13.8 Å². The first kappa shape index (κ1) is 19.8. The Bertz CT molecular complexity index is 1290.